The number of hydrogen-bond acceptors (Lipinski definition) is 4. The van der Waals surface area contributed by atoms with Crippen molar-refractivity contribution in [3.63, 3.8) is 0 Å². The third kappa shape index (κ3) is 3.10. The van der Waals surface area contributed by atoms with Crippen LogP contribution in [-0.4, -0.2) is 44.0 Å². The van der Waals surface area contributed by atoms with Crippen LogP contribution in [0.25, 0.3) is 0 Å². The van der Waals surface area contributed by atoms with Gasteiger partial charge >= 0.3 is 5.97 Å². The topological polar surface area (TPSA) is 83.9 Å². The van der Waals surface area contributed by atoms with E-state index in [1.807, 2.05) is 0 Å². The summed E-state index contributed by atoms with van der Waals surface area (Å²) in [5.74, 6) is -0.409. The van der Waals surface area contributed by atoms with Gasteiger partial charge < -0.3 is 9.84 Å². The van der Waals surface area contributed by atoms with E-state index in [0.717, 1.165) is 0 Å². The van der Waals surface area contributed by atoms with Crippen molar-refractivity contribution in [3.8, 4) is 5.75 Å². The first-order chi connectivity index (χ1) is 9.43. The standard InChI is InChI=1S/C13H17NO5S/c1-19-11-2-4-12(5-3-11)20(17,18)14-7-6-10(9-14)8-13(15)16/h2-5,10H,6-9H2,1H3,(H,15,16). The van der Waals surface area contributed by atoms with Crippen LogP contribution in [0.3, 0.4) is 0 Å². The molecule has 0 aliphatic carbocycles. The minimum Gasteiger partial charge on any atom is -0.497 e. The van der Waals surface area contributed by atoms with Gasteiger partial charge in [0.25, 0.3) is 0 Å². The summed E-state index contributed by atoms with van der Waals surface area (Å²) in [5.41, 5.74) is 0. The molecule has 1 unspecified atom stereocenters. The smallest absolute Gasteiger partial charge is 0.303 e. The molecule has 0 saturated carbocycles. The predicted octanol–water partition coefficient (Wildman–Crippen LogP) is 1.18. The normalized spacial score (nSPS) is 19.9. The van der Waals surface area contributed by atoms with Crippen LogP contribution in [0.2, 0.25) is 0 Å². The van der Waals surface area contributed by atoms with Gasteiger partial charge in [-0.15, -0.1) is 0 Å². The molecular formula is C13H17NO5S. The van der Waals surface area contributed by atoms with E-state index in [1.165, 1.54) is 23.5 Å². The van der Waals surface area contributed by atoms with Crippen LogP contribution < -0.4 is 4.74 Å². The van der Waals surface area contributed by atoms with Crippen LogP contribution >= 0.6 is 0 Å². The predicted molar refractivity (Wildman–Crippen MR) is 72.1 cm³/mol. The lowest BCUT2D eigenvalue weighted by molar-refractivity contribution is -0.137. The van der Waals surface area contributed by atoms with E-state index in [1.54, 1.807) is 12.1 Å². The summed E-state index contributed by atoms with van der Waals surface area (Å²) in [5, 5.41) is 8.76. The number of carboxylic acids is 1. The van der Waals surface area contributed by atoms with Gasteiger partial charge in [-0.3, -0.25) is 4.79 Å². The number of hydrogen-bond donors (Lipinski definition) is 1. The van der Waals surface area contributed by atoms with Gasteiger partial charge in [-0.1, -0.05) is 0 Å². The van der Waals surface area contributed by atoms with Gasteiger partial charge in [-0.2, -0.15) is 4.31 Å². The molecule has 1 saturated heterocycles. The summed E-state index contributed by atoms with van der Waals surface area (Å²) in [6, 6.07) is 6.19. The van der Waals surface area contributed by atoms with Crippen LogP contribution in [0, 0.1) is 5.92 Å². The molecule has 1 atom stereocenters. The Morgan fingerprint density at radius 2 is 2.05 bits per heavy atom. The third-order valence-electron chi connectivity index (χ3n) is 3.41. The zero-order chi connectivity index (χ0) is 14.8. The SMILES string of the molecule is COc1ccc(S(=O)(=O)N2CCC(CC(=O)O)C2)cc1. The highest BCUT2D eigenvalue weighted by atomic mass is 32.2. The molecule has 1 N–H and O–H groups in total. The first-order valence-corrected chi connectivity index (χ1v) is 7.73. The van der Waals surface area contributed by atoms with E-state index in [-0.39, 0.29) is 23.8 Å². The number of ether oxygens (including phenoxy) is 1. The minimum atomic E-state index is -3.55. The van der Waals surface area contributed by atoms with Crippen LogP contribution in [0.15, 0.2) is 29.2 Å². The molecule has 0 amide bonds. The molecule has 1 aliphatic rings. The molecule has 7 heteroatoms. The highest BCUT2D eigenvalue weighted by Crippen LogP contribution is 2.27. The molecule has 0 radical (unpaired) electrons. The molecule has 0 bridgehead atoms. The Kier molecular flexibility index (Phi) is 4.29. The lowest BCUT2D eigenvalue weighted by Crippen LogP contribution is -2.29. The maximum atomic E-state index is 12.4. The summed E-state index contributed by atoms with van der Waals surface area (Å²) in [4.78, 5) is 10.9. The highest BCUT2D eigenvalue weighted by molar-refractivity contribution is 7.89. The van der Waals surface area contributed by atoms with Crippen molar-refractivity contribution >= 4 is 16.0 Å². The Balaban J connectivity index is 2.12. The zero-order valence-corrected chi connectivity index (χ0v) is 12.0. The highest BCUT2D eigenvalue weighted by Gasteiger charge is 2.33. The zero-order valence-electron chi connectivity index (χ0n) is 11.2. The van der Waals surface area contributed by atoms with Crippen molar-refractivity contribution in [1.82, 2.24) is 4.31 Å². The monoisotopic (exact) mass is 299 g/mol. The Bertz CT molecular complexity index is 581. The lowest BCUT2D eigenvalue weighted by Gasteiger charge is -2.16. The fourth-order valence-electron chi connectivity index (χ4n) is 2.33. The molecule has 1 heterocycles. The van der Waals surface area contributed by atoms with Gasteiger partial charge in [0.15, 0.2) is 0 Å². The third-order valence-corrected chi connectivity index (χ3v) is 5.29. The van der Waals surface area contributed by atoms with Crippen LogP contribution in [0.4, 0.5) is 0 Å². The molecule has 2 rings (SSSR count). The van der Waals surface area contributed by atoms with Crippen molar-refractivity contribution in [2.45, 2.75) is 17.7 Å². The van der Waals surface area contributed by atoms with Gasteiger partial charge in [0.2, 0.25) is 10.0 Å². The fraction of sp³-hybridized carbons (Fsp3) is 0.462. The molecule has 1 fully saturated rings. The van der Waals surface area contributed by atoms with E-state index in [2.05, 4.69) is 0 Å². The van der Waals surface area contributed by atoms with Gasteiger partial charge in [-0.05, 0) is 36.6 Å². The van der Waals surface area contributed by atoms with Gasteiger partial charge in [-0.25, -0.2) is 8.42 Å². The van der Waals surface area contributed by atoms with Crippen molar-refractivity contribution in [2.24, 2.45) is 5.92 Å². The summed E-state index contributed by atoms with van der Waals surface area (Å²) in [6.07, 6.45) is 0.594. The number of aliphatic carboxylic acids is 1. The number of benzene rings is 1. The van der Waals surface area contributed by atoms with Gasteiger partial charge in [0.1, 0.15) is 5.75 Å². The summed E-state index contributed by atoms with van der Waals surface area (Å²) < 4.78 is 31.2. The minimum absolute atomic E-state index is 0.00856. The molecule has 1 aromatic rings. The van der Waals surface area contributed by atoms with Gasteiger partial charge in [0, 0.05) is 19.5 Å². The number of carboxylic acid groups (broad SMARTS) is 1. The van der Waals surface area contributed by atoms with Crippen LogP contribution in [-0.2, 0) is 14.8 Å². The molecule has 1 aliphatic heterocycles. The number of methoxy groups -OCH3 is 1. The second-order valence-electron chi connectivity index (χ2n) is 4.79. The quantitative estimate of drug-likeness (QED) is 0.882. The fourth-order valence-corrected chi connectivity index (χ4v) is 3.86. The molecule has 0 aromatic heterocycles. The van der Waals surface area contributed by atoms with E-state index >= 15 is 0 Å². The van der Waals surface area contributed by atoms with Gasteiger partial charge in [0.05, 0.1) is 12.0 Å². The van der Waals surface area contributed by atoms with Crippen molar-refractivity contribution in [2.75, 3.05) is 20.2 Å². The van der Waals surface area contributed by atoms with Crippen LogP contribution in [0.5, 0.6) is 5.75 Å². The molecule has 20 heavy (non-hydrogen) atoms. The van der Waals surface area contributed by atoms with E-state index in [9.17, 15) is 13.2 Å². The Morgan fingerprint density at radius 3 is 2.60 bits per heavy atom. The van der Waals surface area contributed by atoms with Crippen molar-refractivity contribution in [1.29, 1.82) is 0 Å². The van der Waals surface area contributed by atoms with Crippen molar-refractivity contribution < 1.29 is 23.1 Å². The second-order valence-corrected chi connectivity index (χ2v) is 6.73. The summed E-state index contributed by atoms with van der Waals surface area (Å²) >= 11 is 0. The maximum Gasteiger partial charge on any atom is 0.303 e. The molecule has 110 valence electrons. The van der Waals surface area contributed by atoms with Crippen molar-refractivity contribution in [3.05, 3.63) is 24.3 Å². The molecule has 1 aromatic carbocycles. The number of nitrogens with zero attached hydrogens (tertiary/aromatic N) is 1. The first kappa shape index (κ1) is 14.8. The van der Waals surface area contributed by atoms with Crippen LogP contribution in [0.1, 0.15) is 12.8 Å². The van der Waals surface area contributed by atoms with E-state index in [4.69, 9.17) is 9.84 Å². The first-order valence-electron chi connectivity index (χ1n) is 6.29. The Hall–Kier alpha value is -1.60. The van der Waals surface area contributed by atoms with E-state index in [0.29, 0.717) is 18.7 Å². The Labute approximate surface area is 118 Å². The lowest BCUT2D eigenvalue weighted by atomic mass is 10.1. The average molecular weight is 299 g/mol. The molecule has 6 nitrogen and oxygen atoms in total. The molecular weight excluding hydrogens is 282 g/mol. The second kappa shape index (κ2) is 5.80. The molecule has 0 spiro atoms. The Morgan fingerprint density at radius 1 is 1.40 bits per heavy atom. The average Bonchev–Trinajstić information content (AvgIpc) is 2.87. The largest absolute Gasteiger partial charge is 0.497 e. The summed E-state index contributed by atoms with van der Waals surface area (Å²) in [6.45, 7) is 0.632. The van der Waals surface area contributed by atoms with E-state index < -0.39 is 16.0 Å². The number of carbonyl (C=O) groups is 1. The number of rotatable bonds is 5. The summed E-state index contributed by atoms with van der Waals surface area (Å²) in [7, 11) is -2.03. The maximum absolute atomic E-state index is 12.4. The number of sulfonamides is 1.